The number of fused-ring (bicyclic) bond motifs is 4. The fourth-order valence-corrected chi connectivity index (χ4v) is 6.36. The molecule has 0 bridgehead atoms. The van der Waals surface area contributed by atoms with Gasteiger partial charge in [0, 0.05) is 18.3 Å². The summed E-state index contributed by atoms with van der Waals surface area (Å²) >= 11 is 0. The molecule has 0 aliphatic carbocycles. The number of rotatable bonds is 3. The molecule has 34 heavy (non-hydrogen) atoms. The minimum absolute atomic E-state index is 0.122. The maximum absolute atomic E-state index is 14.3. The molecule has 1 saturated heterocycles. The Balaban J connectivity index is 1.39. The number of aryl methyl sites for hydroxylation is 1. The van der Waals surface area contributed by atoms with Crippen LogP contribution in [0.4, 0.5) is 11.4 Å². The van der Waals surface area contributed by atoms with Gasteiger partial charge in [0.05, 0.1) is 11.4 Å². The van der Waals surface area contributed by atoms with Crippen molar-refractivity contribution in [1.82, 2.24) is 0 Å². The number of nitrogens with zero attached hydrogens (tertiary/aromatic N) is 3. The van der Waals surface area contributed by atoms with Crippen LogP contribution >= 0.6 is 0 Å². The van der Waals surface area contributed by atoms with Gasteiger partial charge in [0.2, 0.25) is 0 Å². The molecule has 3 aromatic rings. The second kappa shape index (κ2) is 8.12. The number of hydrogen-bond donors (Lipinski definition) is 0. The van der Waals surface area contributed by atoms with E-state index in [4.69, 9.17) is 5.10 Å². The molecule has 3 aliphatic rings. The van der Waals surface area contributed by atoms with E-state index in [1.807, 2.05) is 12.1 Å². The van der Waals surface area contributed by atoms with Crippen molar-refractivity contribution >= 4 is 23.0 Å². The van der Waals surface area contributed by atoms with Crippen LogP contribution in [0.1, 0.15) is 36.5 Å². The van der Waals surface area contributed by atoms with Crippen molar-refractivity contribution in [2.24, 2.45) is 16.4 Å². The van der Waals surface area contributed by atoms with Gasteiger partial charge in [-0.2, -0.15) is 10.1 Å². The maximum atomic E-state index is 14.3. The molecule has 0 N–H and O–H groups in total. The Morgan fingerprint density at radius 1 is 0.941 bits per heavy atom. The molecule has 3 aliphatic heterocycles. The Bertz CT molecular complexity index is 1250. The van der Waals surface area contributed by atoms with Crippen LogP contribution in [0.15, 0.2) is 84.0 Å². The number of para-hydroxylation sites is 1. The van der Waals surface area contributed by atoms with Gasteiger partial charge in [-0.1, -0.05) is 66.2 Å². The second-order valence-electron chi connectivity index (χ2n) is 10.2. The van der Waals surface area contributed by atoms with E-state index in [2.05, 4.69) is 85.5 Å². The first-order chi connectivity index (χ1) is 16.6. The zero-order valence-electron chi connectivity index (χ0n) is 19.9. The van der Waals surface area contributed by atoms with E-state index >= 15 is 0 Å². The summed E-state index contributed by atoms with van der Waals surface area (Å²) in [7, 11) is 0. The first-order valence-corrected chi connectivity index (χ1v) is 12.4. The highest BCUT2D eigenvalue weighted by Gasteiger charge is 2.59. The van der Waals surface area contributed by atoms with Gasteiger partial charge in [-0.15, -0.1) is 0 Å². The number of hydrogen-bond acceptors (Lipinski definition) is 3. The predicted molar refractivity (Wildman–Crippen MR) is 138 cm³/mol. The topological polar surface area (TPSA) is 35.9 Å². The van der Waals surface area contributed by atoms with E-state index in [-0.39, 0.29) is 11.9 Å². The predicted octanol–water partition coefficient (Wildman–Crippen LogP) is 5.79. The standard InChI is InChI=1S/C30H31N3O/c1-21-12-14-26(15-13-21)33-29(34)30(22(2)31-33)20-25-10-6-7-11-27(25)32-17-16-24(19-28(30)32)18-23-8-4-3-5-9-23/h3-15,24,28H,16-20H2,1-2H3/t24-,28+,30+/m0/s1. The molecule has 3 heterocycles. The summed E-state index contributed by atoms with van der Waals surface area (Å²) in [6.45, 7) is 5.11. The van der Waals surface area contributed by atoms with Gasteiger partial charge in [-0.3, -0.25) is 4.79 Å². The van der Waals surface area contributed by atoms with Crippen LogP contribution < -0.4 is 9.91 Å². The largest absolute Gasteiger partial charge is 0.367 e. The maximum Gasteiger partial charge on any atom is 0.261 e. The molecular formula is C30H31N3O. The number of piperidine rings is 1. The lowest BCUT2D eigenvalue weighted by Gasteiger charge is -2.52. The summed E-state index contributed by atoms with van der Waals surface area (Å²) in [4.78, 5) is 16.8. The Kier molecular flexibility index (Phi) is 5.05. The van der Waals surface area contributed by atoms with Crippen molar-refractivity contribution in [2.45, 2.75) is 45.6 Å². The molecule has 1 fully saturated rings. The Hall–Kier alpha value is -3.40. The zero-order chi connectivity index (χ0) is 23.3. The van der Waals surface area contributed by atoms with Crippen LogP contribution in [0.25, 0.3) is 0 Å². The number of anilines is 2. The van der Waals surface area contributed by atoms with E-state index in [9.17, 15) is 4.79 Å². The average molecular weight is 450 g/mol. The first kappa shape index (κ1) is 21.2. The quantitative estimate of drug-likeness (QED) is 0.508. The molecular weight excluding hydrogens is 418 g/mol. The molecule has 0 saturated carbocycles. The minimum atomic E-state index is -0.616. The van der Waals surface area contributed by atoms with Crippen LogP contribution in [0.5, 0.6) is 0 Å². The third-order valence-corrected chi connectivity index (χ3v) is 8.17. The van der Waals surface area contributed by atoms with Crippen LogP contribution in [-0.2, 0) is 17.6 Å². The molecule has 0 unspecified atom stereocenters. The van der Waals surface area contributed by atoms with Gasteiger partial charge >= 0.3 is 0 Å². The highest BCUT2D eigenvalue weighted by Crippen LogP contribution is 2.50. The summed E-state index contributed by atoms with van der Waals surface area (Å²) in [5, 5.41) is 6.56. The van der Waals surface area contributed by atoms with Gasteiger partial charge in [-0.05, 0) is 74.8 Å². The van der Waals surface area contributed by atoms with Gasteiger partial charge in [0.25, 0.3) is 5.91 Å². The molecule has 0 radical (unpaired) electrons. The molecule has 4 heteroatoms. The third kappa shape index (κ3) is 3.27. The average Bonchev–Trinajstić information content (AvgIpc) is 3.11. The van der Waals surface area contributed by atoms with E-state index < -0.39 is 5.41 Å². The first-order valence-electron chi connectivity index (χ1n) is 12.4. The Morgan fingerprint density at radius 2 is 1.68 bits per heavy atom. The van der Waals surface area contributed by atoms with E-state index in [1.165, 1.54) is 22.4 Å². The van der Waals surface area contributed by atoms with E-state index in [1.54, 1.807) is 5.01 Å². The van der Waals surface area contributed by atoms with E-state index in [0.717, 1.165) is 43.6 Å². The monoisotopic (exact) mass is 449 g/mol. The van der Waals surface area contributed by atoms with Crippen molar-refractivity contribution in [3.63, 3.8) is 0 Å². The van der Waals surface area contributed by atoms with Crippen molar-refractivity contribution < 1.29 is 4.79 Å². The third-order valence-electron chi connectivity index (χ3n) is 8.17. The molecule has 6 rings (SSSR count). The van der Waals surface area contributed by atoms with Crippen molar-refractivity contribution in [3.05, 3.63) is 95.6 Å². The fraction of sp³-hybridized carbons (Fsp3) is 0.333. The molecule has 4 nitrogen and oxygen atoms in total. The van der Waals surface area contributed by atoms with E-state index in [0.29, 0.717) is 5.92 Å². The van der Waals surface area contributed by atoms with Crippen molar-refractivity contribution in [2.75, 3.05) is 16.5 Å². The second-order valence-corrected chi connectivity index (χ2v) is 10.2. The SMILES string of the molecule is CC1=NN(c2ccc(C)cc2)C(=O)[C@]12Cc1ccccc1N1CC[C@@H](Cc3ccccc3)C[C@@H]12. The zero-order valence-corrected chi connectivity index (χ0v) is 19.9. The number of hydrazone groups is 1. The summed E-state index contributed by atoms with van der Waals surface area (Å²) < 4.78 is 0. The summed E-state index contributed by atoms with van der Waals surface area (Å²) in [5.41, 5.74) is 6.31. The summed E-state index contributed by atoms with van der Waals surface area (Å²) in [6, 6.07) is 27.7. The number of carbonyl (C=O) groups excluding carboxylic acids is 1. The molecule has 3 aromatic carbocycles. The highest BCUT2D eigenvalue weighted by atomic mass is 16.2. The summed E-state index contributed by atoms with van der Waals surface area (Å²) in [5.74, 6) is 0.679. The Morgan fingerprint density at radius 3 is 2.47 bits per heavy atom. The lowest BCUT2D eigenvalue weighted by Crippen LogP contribution is -2.62. The Labute approximate surface area is 201 Å². The van der Waals surface area contributed by atoms with Crippen molar-refractivity contribution in [1.29, 1.82) is 0 Å². The normalized spacial score (nSPS) is 25.8. The molecule has 1 amide bonds. The van der Waals surface area contributed by atoms with Crippen LogP contribution in [0, 0.1) is 18.3 Å². The smallest absolute Gasteiger partial charge is 0.261 e. The molecule has 172 valence electrons. The van der Waals surface area contributed by atoms with Gasteiger partial charge < -0.3 is 4.90 Å². The molecule has 3 atom stereocenters. The number of benzene rings is 3. The van der Waals surface area contributed by atoms with Crippen LogP contribution in [-0.4, -0.2) is 24.2 Å². The van der Waals surface area contributed by atoms with Gasteiger partial charge in [-0.25, -0.2) is 0 Å². The van der Waals surface area contributed by atoms with Crippen LogP contribution in [0.2, 0.25) is 0 Å². The van der Waals surface area contributed by atoms with Gasteiger partial charge in [0.15, 0.2) is 0 Å². The lowest BCUT2D eigenvalue weighted by atomic mass is 9.64. The minimum Gasteiger partial charge on any atom is -0.367 e. The fourth-order valence-electron chi connectivity index (χ4n) is 6.36. The molecule has 0 aromatic heterocycles. The summed E-state index contributed by atoms with van der Waals surface area (Å²) in [6.07, 6.45) is 3.93. The number of carbonyl (C=O) groups is 1. The van der Waals surface area contributed by atoms with Crippen LogP contribution in [0.3, 0.4) is 0 Å². The lowest BCUT2D eigenvalue weighted by molar-refractivity contribution is -0.125. The molecule has 1 spiro atoms. The van der Waals surface area contributed by atoms with Crippen molar-refractivity contribution in [3.8, 4) is 0 Å². The number of amides is 1. The van der Waals surface area contributed by atoms with Gasteiger partial charge in [0.1, 0.15) is 5.41 Å². The highest BCUT2D eigenvalue weighted by molar-refractivity contribution is 6.20.